The maximum absolute atomic E-state index is 5.97. The van der Waals surface area contributed by atoms with Crippen molar-refractivity contribution < 1.29 is 4.74 Å². The highest BCUT2D eigenvalue weighted by Crippen LogP contribution is 2.31. The molecule has 1 aromatic carbocycles. The quantitative estimate of drug-likeness (QED) is 0.710. The van der Waals surface area contributed by atoms with E-state index in [1.165, 1.54) is 0 Å². The Kier molecular flexibility index (Phi) is 4.29. The van der Waals surface area contributed by atoms with Crippen molar-refractivity contribution in [3.63, 3.8) is 0 Å². The van der Waals surface area contributed by atoms with E-state index in [2.05, 4.69) is 8.93 Å². The molecule has 0 saturated heterocycles. The van der Waals surface area contributed by atoms with E-state index in [4.69, 9.17) is 16.3 Å². The van der Waals surface area contributed by atoms with Crippen LogP contribution in [0.4, 0.5) is 0 Å². The predicted octanol–water partition coefficient (Wildman–Crippen LogP) is 3.32. The molecule has 0 spiro atoms. The monoisotopic (exact) mass is 220 g/mol. The molecule has 0 heterocycles. The van der Waals surface area contributed by atoms with Gasteiger partial charge in [-0.25, -0.2) is 0 Å². The maximum atomic E-state index is 5.97. The molecule has 1 rings (SSSR count). The summed E-state index contributed by atoms with van der Waals surface area (Å²) in [5, 5.41) is 0.825. The van der Waals surface area contributed by atoms with Crippen molar-refractivity contribution in [2.75, 3.05) is 7.11 Å². The van der Waals surface area contributed by atoms with E-state index in [1.807, 2.05) is 18.2 Å². The highest BCUT2D eigenvalue weighted by atomic mass is 35.5. The SMILES string of the molecule is COc1ccc(Cl)c(CPP)c1. The second-order valence-corrected chi connectivity index (χ2v) is 4.73. The molecule has 0 aliphatic carbocycles. The van der Waals surface area contributed by atoms with Gasteiger partial charge in [-0.1, -0.05) is 19.9 Å². The number of rotatable bonds is 3. The third-order valence-electron chi connectivity index (χ3n) is 1.55. The van der Waals surface area contributed by atoms with Crippen LogP contribution >= 0.6 is 28.8 Å². The van der Waals surface area contributed by atoms with Crippen molar-refractivity contribution in [2.45, 2.75) is 6.16 Å². The average molecular weight is 221 g/mol. The molecule has 1 aromatic rings. The number of methoxy groups -OCH3 is 1. The zero-order valence-electron chi connectivity index (χ0n) is 6.80. The van der Waals surface area contributed by atoms with E-state index in [-0.39, 0.29) is 0 Å². The van der Waals surface area contributed by atoms with Crippen LogP contribution in [-0.4, -0.2) is 7.11 Å². The lowest BCUT2D eigenvalue weighted by atomic mass is 10.2. The molecule has 0 radical (unpaired) electrons. The van der Waals surface area contributed by atoms with Gasteiger partial charge in [0.1, 0.15) is 5.75 Å². The smallest absolute Gasteiger partial charge is 0.119 e. The minimum atomic E-state index is 0.806. The minimum absolute atomic E-state index is 0.806. The van der Waals surface area contributed by atoms with Crippen molar-refractivity contribution in [2.24, 2.45) is 0 Å². The minimum Gasteiger partial charge on any atom is -0.497 e. The van der Waals surface area contributed by atoms with Crippen LogP contribution in [0.15, 0.2) is 18.2 Å². The lowest BCUT2D eigenvalue weighted by Crippen LogP contribution is -1.85. The van der Waals surface area contributed by atoms with Crippen LogP contribution in [0.2, 0.25) is 5.02 Å². The van der Waals surface area contributed by atoms with Gasteiger partial charge in [-0.05, 0) is 29.9 Å². The topological polar surface area (TPSA) is 9.23 Å². The molecule has 0 saturated carbocycles. The van der Waals surface area contributed by atoms with Gasteiger partial charge in [0.05, 0.1) is 7.11 Å². The van der Waals surface area contributed by atoms with Crippen LogP contribution in [0.1, 0.15) is 5.56 Å². The molecule has 66 valence electrons. The molecule has 0 bridgehead atoms. The number of benzene rings is 1. The van der Waals surface area contributed by atoms with Crippen LogP contribution in [0.5, 0.6) is 5.75 Å². The first-order chi connectivity index (χ1) is 5.77. The average Bonchev–Trinajstić information content (AvgIpc) is 2.09. The summed E-state index contributed by atoms with van der Waals surface area (Å²) in [7, 11) is 5.18. The summed E-state index contributed by atoms with van der Waals surface area (Å²) in [5.74, 6) is 0.873. The van der Waals surface area contributed by atoms with E-state index >= 15 is 0 Å². The van der Waals surface area contributed by atoms with Gasteiger partial charge >= 0.3 is 0 Å². The largest absolute Gasteiger partial charge is 0.497 e. The summed E-state index contributed by atoms with van der Waals surface area (Å²) in [5.41, 5.74) is 1.16. The van der Waals surface area contributed by atoms with Crippen LogP contribution in [0, 0.1) is 0 Å². The van der Waals surface area contributed by atoms with Crippen molar-refractivity contribution in [1.29, 1.82) is 0 Å². The molecule has 0 aromatic heterocycles. The molecule has 0 N–H and O–H groups in total. The molecule has 2 atom stereocenters. The van der Waals surface area contributed by atoms with Gasteiger partial charge in [0.25, 0.3) is 0 Å². The number of hydrogen-bond donors (Lipinski definition) is 0. The summed E-state index contributed by atoms with van der Waals surface area (Å²) in [4.78, 5) is 0. The van der Waals surface area contributed by atoms with E-state index in [0.717, 1.165) is 30.8 Å². The Morgan fingerprint density at radius 3 is 2.92 bits per heavy atom. The number of hydrogen-bond acceptors (Lipinski definition) is 1. The van der Waals surface area contributed by atoms with Gasteiger partial charge < -0.3 is 4.74 Å². The Hall–Kier alpha value is 0.170. The Bertz CT molecular complexity index is 265. The van der Waals surface area contributed by atoms with Gasteiger partial charge in [0.2, 0.25) is 0 Å². The van der Waals surface area contributed by atoms with Crippen LogP contribution < -0.4 is 4.74 Å². The van der Waals surface area contributed by atoms with Crippen LogP contribution in [0.25, 0.3) is 0 Å². The fourth-order valence-electron chi connectivity index (χ4n) is 0.924. The molecule has 4 heteroatoms. The fraction of sp³-hybridized carbons (Fsp3) is 0.250. The van der Waals surface area contributed by atoms with Crippen LogP contribution in [0.3, 0.4) is 0 Å². The first-order valence-electron chi connectivity index (χ1n) is 3.54. The van der Waals surface area contributed by atoms with Crippen molar-refractivity contribution >= 4 is 28.8 Å². The van der Waals surface area contributed by atoms with Crippen molar-refractivity contribution in [3.8, 4) is 5.75 Å². The van der Waals surface area contributed by atoms with Gasteiger partial charge in [-0.15, -0.1) is 8.93 Å². The Morgan fingerprint density at radius 1 is 1.58 bits per heavy atom. The van der Waals surface area contributed by atoms with E-state index in [9.17, 15) is 0 Å². The van der Waals surface area contributed by atoms with Crippen molar-refractivity contribution in [3.05, 3.63) is 28.8 Å². The second kappa shape index (κ2) is 5.02. The standard InChI is InChI=1S/C8H11ClOP2/c1-10-7-2-3-8(9)6(4-7)5-12-11/h2-4,12H,5,11H2,1H3. The molecular weight excluding hydrogens is 209 g/mol. The Balaban J connectivity index is 2.91. The molecule has 2 unspecified atom stereocenters. The van der Waals surface area contributed by atoms with Gasteiger partial charge in [-0.2, -0.15) is 0 Å². The predicted molar refractivity (Wildman–Crippen MR) is 59.7 cm³/mol. The van der Waals surface area contributed by atoms with Gasteiger partial charge in [0, 0.05) is 5.02 Å². The zero-order valence-corrected chi connectivity index (χ0v) is 9.71. The first-order valence-corrected chi connectivity index (χ1v) is 6.93. The van der Waals surface area contributed by atoms with Gasteiger partial charge in [0.15, 0.2) is 0 Å². The molecule has 1 nitrogen and oxygen atoms in total. The molecule has 0 amide bonds. The van der Waals surface area contributed by atoms with Crippen LogP contribution in [-0.2, 0) is 6.16 Å². The van der Waals surface area contributed by atoms with E-state index < -0.39 is 0 Å². The summed E-state index contributed by atoms with van der Waals surface area (Å²) in [6, 6.07) is 5.73. The highest BCUT2D eigenvalue weighted by molar-refractivity contribution is 8.02. The van der Waals surface area contributed by atoms with E-state index in [0.29, 0.717) is 0 Å². The highest BCUT2D eigenvalue weighted by Gasteiger charge is 2.00. The van der Waals surface area contributed by atoms with Crippen molar-refractivity contribution in [1.82, 2.24) is 0 Å². The van der Waals surface area contributed by atoms with E-state index in [1.54, 1.807) is 7.11 Å². The lowest BCUT2D eigenvalue weighted by Gasteiger charge is -2.05. The summed E-state index contributed by atoms with van der Waals surface area (Å²) >= 11 is 5.97. The molecule has 0 aliphatic heterocycles. The third-order valence-corrected chi connectivity index (χ3v) is 3.11. The Morgan fingerprint density at radius 2 is 2.33 bits per heavy atom. The number of halogens is 1. The second-order valence-electron chi connectivity index (χ2n) is 2.34. The third kappa shape index (κ3) is 2.59. The lowest BCUT2D eigenvalue weighted by molar-refractivity contribution is 0.414. The normalized spacial score (nSPS) is 10.9. The summed E-state index contributed by atoms with van der Waals surface area (Å²) in [6.07, 6.45) is 1.00. The first kappa shape index (κ1) is 10.3. The maximum Gasteiger partial charge on any atom is 0.119 e. The Labute approximate surface area is 81.7 Å². The molecular formula is C8H11ClOP2. The summed E-state index contributed by atoms with van der Waals surface area (Å²) in [6.45, 7) is 0. The fourth-order valence-corrected chi connectivity index (χ4v) is 2.39. The zero-order chi connectivity index (χ0) is 8.97. The molecule has 0 fully saturated rings. The number of ether oxygens (including phenoxy) is 1. The molecule has 12 heavy (non-hydrogen) atoms. The summed E-state index contributed by atoms with van der Waals surface area (Å²) < 4.78 is 5.09. The van der Waals surface area contributed by atoms with Gasteiger partial charge in [-0.3, -0.25) is 0 Å². The molecule has 0 aliphatic rings.